The van der Waals surface area contributed by atoms with Crippen LogP contribution in [0.4, 0.5) is 0 Å². The number of rotatable bonds is 3. The molecule has 4 aliphatic carbocycles. The molecule has 56 heavy (non-hydrogen) atoms. The van der Waals surface area contributed by atoms with Crippen molar-refractivity contribution in [1.29, 1.82) is 0 Å². The van der Waals surface area contributed by atoms with E-state index in [2.05, 4.69) is 184 Å². The van der Waals surface area contributed by atoms with Gasteiger partial charge >= 0.3 is 0 Å². The minimum atomic E-state index is -0.233. The Hall–Kier alpha value is -6.43. The molecule has 0 saturated carbocycles. The molecular weight excluding hydrogens is 683 g/mol. The fourth-order valence-corrected chi connectivity index (χ4v) is 10.2. The summed E-state index contributed by atoms with van der Waals surface area (Å²) in [4.78, 5) is 5.70. The lowest BCUT2D eigenvalue weighted by Gasteiger charge is -2.37. The maximum Gasteiger partial charge on any atom is 0.206 e. The number of hydrogen-bond donors (Lipinski definition) is 2. The summed E-state index contributed by atoms with van der Waals surface area (Å²) in [7, 11) is 0. The zero-order valence-electron chi connectivity index (χ0n) is 31.1. The van der Waals surface area contributed by atoms with Crippen molar-refractivity contribution in [2.24, 2.45) is 16.8 Å². The molecule has 4 unspecified atom stereocenters. The molecule has 1 aliphatic heterocycles. The average molecular weight is 724 g/mol. The van der Waals surface area contributed by atoms with E-state index < -0.39 is 0 Å². The predicted octanol–water partition coefficient (Wildman–Crippen LogP) is 11.0. The number of aliphatic imine (C=N–C) groups is 1. The van der Waals surface area contributed by atoms with Gasteiger partial charge in [0.05, 0.1) is 16.7 Å². The molecule has 5 nitrogen and oxygen atoms in total. The smallest absolute Gasteiger partial charge is 0.206 e. The number of benzene rings is 5. The molecule has 0 bridgehead atoms. The van der Waals surface area contributed by atoms with Crippen LogP contribution >= 0.6 is 0 Å². The highest BCUT2D eigenvalue weighted by molar-refractivity contribution is 6.09. The average Bonchev–Trinajstić information content (AvgIpc) is 3.77. The van der Waals surface area contributed by atoms with Gasteiger partial charge in [0, 0.05) is 45.1 Å². The highest BCUT2D eigenvalue weighted by atomic mass is 15.4. The van der Waals surface area contributed by atoms with Gasteiger partial charge in [-0.25, -0.2) is 4.99 Å². The van der Waals surface area contributed by atoms with Gasteiger partial charge in [-0.3, -0.25) is 9.88 Å². The van der Waals surface area contributed by atoms with Gasteiger partial charge in [-0.05, 0) is 76.6 Å². The fourth-order valence-electron chi connectivity index (χ4n) is 10.2. The standard InChI is InChI=1S/C51H41N5/c1-2-17-35-31-47-42(30-34(35)16-1)48-45(55-43-26-9-7-22-38(43)39-23-8-10-27-44(39)55)28-13-29-46(48)56(47)51-53-49(40-24-11-18-32-14-3-5-20-36(32)40)52-50(54-51)41-25-12-19-33-15-4-6-21-37(33)41/h1-9,11-12,14-26,28,30-32,36,49-50,52H,10,13,27,29H2,(H,53,54). The zero-order valence-corrected chi connectivity index (χ0v) is 31.1. The van der Waals surface area contributed by atoms with Crippen LogP contribution in [0.1, 0.15) is 47.1 Å². The molecule has 2 N–H and O–H groups in total. The quantitative estimate of drug-likeness (QED) is 0.191. The van der Waals surface area contributed by atoms with Crippen molar-refractivity contribution >= 4 is 61.1 Å². The van der Waals surface area contributed by atoms with E-state index in [-0.39, 0.29) is 18.2 Å². The number of aromatic nitrogens is 2. The summed E-state index contributed by atoms with van der Waals surface area (Å²) in [5, 5.41) is 15.6. The topological polar surface area (TPSA) is 46.3 Å². The van der Waals surface area contributed by atoms with Crippen molar-refractivity contribution in [2.45, 2.75) is 38.0 Å². The lowest BCUT2D eigenvalue weighted by atomic mass is 9.78. The zero-order chi connectivity index (χ0) is 36.7. The van der Waals surface area contributed by atoms with Crippen LogP contribution in [0.3, 0.4) is 0 Å². The minimum Gasteiger partial charge on any atom is -0.336 e. The van der Waals surface area contributed by atoms with E-state index in [1.165, 1.54) is 82.7 Å². The number of hydrogen-bond acceptors (Lipinski definition) is 3. The highest BCUT2D eigenvalue weighted by Gasteiger charge is 2.36. The molecule has 3 heterocycles. The molecule has 0 saturated heterocycles. The molecule has 12 rings (SSSR count). The van der Waals surface area contributed by atoms with E-state index in [4.69, 9.17) is 4.99 Å². The second-order valence-electron chi connectivity index (χ2n) is 15.7. The first-order valence-corrected chi connectivity index (χ1v) is 20.2. The lowest BCUT2D eigenvalue weighted by molar-refractivity contribution is 0.402. The van der Waals surface area contributed by atoms with Gasteiger partial charge in [0.2, 0.25) is 5.96 Å². The predicted molar refractivity (Wildman–Crippen MR) is 232 cm³/mol. The summed E-state index contributed by atoms with van der Waals surface area (Å²) in [5.41, 5.74) is 11.7. The molecule has 7 aromatic rings. The van der Waals surface area contributed by atoms with Gasteiger partial charge in [0.25, 0.3) is 0 Å². The summed E-state index contributed by atoms with van der Waals surface area (Å²) in [6.07, 6.45) is 26.6. The molecule has 2 aromatic heterocycles. The van der Waals surface area contributed by atoms with Crippen LogP contribution < -0.4 is 10.6 Å². The summed E-state index contributed by atoms with van der Waals surface area (Å²) in [5.74, 6) is 1.46. The Morgan fingerprint density at radius 3 is 2.34 bits per heavy atom. The fraction of sp³-hybridized carbons (Fsp3) is 0.157. The lowest BCUT2D eigenvalue weighted by Crippen LogP contribution is -2.52. The molecule has 5 aromatic carbocycles. The molecular formula is C51H41N5. The second kappa shape index (κ2) is 12.6. The van der Waals surface area contributed by atoms with E-state index in [0.717, 1.165) is 31.6 Å². The van der Waals surface area contributed by atoms with Crippen LogP contribution in [0.2, 0.25) is 0 Å². The molecule has 0 fully saturated rings. The van der Waals surface area contributed by atoms with Crippen LogP contribution in [0.15, 0.2) is 168 Å². The van der Waals surface area contributed by atoms with Crippen molar-refractivity contribution in [3.05, 3.63) is 191 Å². The molecule has 0 spiro atoms. The first-order chi connectivity index (χ1) is 27.8. The maximum atomic E-state index is 5.70. The van der Waals surface area contributed by atoms with Crippen LogP contribution in [-0.4, -0.2) is 21.3 Å². The summed E-state index contributed by atoms with van der Waals surface area (Å²) in [6.45, 7) is 0. The van der Waals surface area contributed by atoms with E-state index in [1.807, 2.05) is 0 Å². The number of allylic oxidation sites excluding steroid dienone is 9. The van der Waals surface area contributed by atoms with E-state index >= 15 is 0 Å². The van der Waals surface area contributed by atoms with Crippen molar-refractivity contribution < 1.29 is 0 Å². The Bertz CT molecular complexity index is 3000. The van der Waals surface area contributed by atoms with E-state index in [0.29, 0.717) is 5.92 Å². The number of fused-ring (bicyclic) bond motifs is 9. The van der Waals surface area contributed by atoms with Crippen molar-refractivity contribution in [2.75, 3.05) is 0 Å². The Morgan fingerprint density at radius 2 is 1.41 bits per heavy atom. The third-order valence-corrected chi connectivity index (χ3v) is 12.7. The largest absolute Gasteiger partial charge is 0.336 e. The summed E-state index contributed by atoms with van der Waals surface area (Å²) >= 11 is 0. The Kier molecular flexibility index (Phi) is 7.15. The Balaban J connectivity index is 1.11. The maximum absolute atomic E-state index is 5.70. The molecule has 270 valence electrons. The van der Waals surface area contributed by atoms with Gasteiger partial charge in [0.1, 0.15) is 12.3 Å². The van der Waals surface area contributed by atoms with E-state index in [1.54, 1.807) is 0 Å². The van der Waals surface area contributed by atoms with Crippen LogP contribution in [0.5, 0.6) is 0 Å². The third-order valence-electron chi connectivity index (χ3n) is 12.7. The third kappa shape index (κ3) is 4.80. The van der Waals surface area contributed by atoms with Gasteiger partial charge in [-0.2, -0.15) is 0 Å². The Labute approximate surface area is 326 Å². The van der Waals surface area contributed by atoms with Gasteiger partial charge in [-0.1, -0.05) is 146 Å². The second-order valence-corrected chi connectivity index (χ2v) is 15.7. The Morgan fingerprint density at radius 1 is 0.643 bits per heavy atom. The van der Waals surface area contributed by atoms with Gasteiger partial charge < -0.3 is 9.88 Å². The van der Waals surface area contributed by atoms with Crippen molar-refractivity contribution in [1.82, 2.24) is 19.8 Å². The first kappa shape index (κ1) is 31.9. The van der Waals surface area contributed by atoms with E-state index in [9.17, 15) is 0 Å². The van der Waals surface area contributed by atoms with Crippen molar-refractivity contribution in [3.63, 3.8) is 0 Å². The molecule has 0 amide bonds. The molecule has 5 aliphatic rings. The first-order valence-electron chi connectivity index (χ1n) is 20.2. The molecule has 0 radical (unpaired) electrons. The van der Waals surface area contributed by atoms with Crippen LogP contribution in [0, 0.1) is 11.8 Å². The number of para-hydroxylation sites is 1. The number of nitrogens with one attached hydrogen (secondary N) is 2. The van der Waals surface area contributed by atoms with Gasteiger partial charge in [0.15, 0.2) is 0 Å². The van der Waals surface area contributed by atoms with Crippen LogP contribution in [0.25, 0.3) is 55.1 Å². The minimum absolute atomic E-state index is 0.175. The highest BCUT2D eigenvalue weighted by Crippen LogP contribution is 2.44. The monoisotopic (exact) mass is 723 g/mol. The van der Waals surface area contributed by atoms with Gasteiger partial charge in [-0.15, -0.1) is 0 Å². The normalized spacial score (nSPS) is 22.5. The van der Waals surface area contributed by atoms with Crippen LogP contribution in [-0.2, 0) is 12.8 Å². The summed E-state index contributed by atoms with van der Waals surface area (Å²) in [6, 6.07) is 38.0. The summed E-state index contributed by atoms with van der Waals surface area (Å²) < 4.78 is 5.08. The SMILES string of the molecule is C1=CC2C=CC=C(C3N=C(n4c5c(c6cc7ccccc7cc64)C(n4c6c(c7ccccc74)C=CCC6)=CCC5)NC(c4cccc5ccccc45)N3)C2C=C1. The molecule has 5 heteroatoms. The van der Waals surface area contributed by atoms with Crippen molar-refractivity contribution in [3.8, 4) is 0 Å². The number of nitrogens with zero attached hydrogens (tertiary/aromatic N) is 3. The molecule has 4 atom stereocenters.